The fraction of sp³-hybridized carbons (Fsp3) is 0.364. The summed E-state index contributed by atoms with van der Waals surface area (Å²) in [5.41, 5.74) is 0.852. The number of rotatable bonds is 2. The van der Waals surface area contributed by atoms with Gasteiger partial charge < -0.3 is 4.74 Å². The SMILES string of the molecule is CCOC(=O)CC#Cc1nccc(C)n1. The molecule has 4 heteroatoms. The molecule has 0 radical (unpaired) electrons. The Labute approximate surface area is 88.7 Å². The summed E-state index contributed by atoms with van der Waals surface area (Å²) in [5, 5.41) is 0. The molecule has 0 aliphatic carbocycles. The molecule has 78 valence electrons. The number of aromatic nitrogens is 2. The minimum atomic E-state index is -0.322. The molecular weight excluding hydrogens is 192 g/mol. The van der Waals surface area contributed by atoms with E-state index in [4.69, 9.17) is 4.74 Å². The molecular formula is C11H12N2O2. The standard InChI is InChI=1S/C11H12N2O2/c1-3-15-11(14)6-4-5-10-12-8-7-9(2)13-10/h7-8H,3,6H2,1-2H3. The summed E-state index contributed by atoms with van der Waals surface area (Å²) in [7, 11) is 0. The van der Waals surface area contributed by atoms with Crippen molar-refractivity contribution in [2.45, 2.75) is 20.3 Å². The largest absolute Gasteiger partial charge is 0.465 e. The van der Waals surface area contributed by atoms with Gasteiger partial charge in [-0.2, -0.15) is 0 Å². The summed E-state index contributed by atoms with van der Waals surface area (Å²) in [6.07, 6.45) is 1.71. The fourth-order valence-electron chi connectivity index (χ4n) is 0.917. The predicted molar refractivity (Wildman–Crippen MR) is 54.9 cm³/mol. The maximum absolute atomic E-state index is 10.9. The minimum absolute atomic E-state index is 0.0745. The van der Waals surface area contributed by atoms with Crippen LogP contribution in [0.15, 0.2) is 12.3 Å². The van der Waals surface area contributed by atoms with Gasteiger partial charge in [-0.15, -0.1) is 0 Å². The van der Waals surface area contributed by atoms with Crippen LogP contribution in [0.4, 0.5) is 0 Å². The molecule has 0 aliphatic rings. The zero-order valence-corrected chi connectivity index (χ0v) is 8.78. The van der Waals surface area contributed by atoms with Crippen molar-refractivity contribution in [2.24, 2.45) is 0 Å². The molecule has 0 fully saturated rings. The zero-order chi connectivity index (χ0) is 11.1. The molecule has 1 aromatic heterocycles. The average molecular weight is 204 g/mol. The predicted octanol–water partition coefficient (Wildman–Crippen LogP) is 1.09. The lowest BCUT2D eigenvalue weighted by Crippen LogP contribution is -2.01. The van der Waals surface area contributed by atoms with E-state index in [0.717, 1.165) is 5.69 Å². The zero-order valence-electron chi connectivity index (χ0n) is 8.78. The van der Waals surface area contributed by atoms with E-state index >= 15 is 0 Å². The smallest absolute Gasteiger partial charge is 0.317 e. The normalized spacial score (nSPS) is 8.93. The number of carbonyl (C=O) groups is 1. The van der Waals surface area contributed by atoms with Gasteiger partial charge in [-0.05, 0) is 25.8 Å². The third kappa shape index (κ3) is 4.23. The van der Waals surface area contributed by atoms with Crippen LogP contribution in [0.2, 0.25) is 0 Å². The Morgan fingerprint density at radius 3 is 3.07 bits per heavy atom. The van der Waals surface area contributed by atoms with Crippen LogP contribution in [0.5, 0.6) is 0 Å². The lowest BCUT2D eigenvalue weighted by molar-refractivity contribution is -0.141. The topological polar surface area (TPSA) is 52.1 Å². The number of hydrogen-bond acceptors (Lipinski definition) is 4. The van der Waals surface area contributed by atoms with Gasteiger partial charge in [0.2, 0.25) is 5.82 Å². The molecule has 1 rings (SSSR count). The van der Waals surface area contributed by atoms with Crippen LogP contribution in [0.25, 0.3) is 0 Å². The summed E-state index contributed by atoms with van der Waals surface area (Å²) >= 11 is 0. The second-order valence-corrected chi connectivity index (χ2v) is 2.81. The molecule has 0 aliphatic heterocycles. The number of esters is 1. The van der Waals surface area contributed by atoms with Crippen LogP contribution >= 0.6 is 0 Å². The highest BCUT2D eigenvalue weighted by molar-refractivity contribution is 5.72. The van der Waals surface area contributed by atoms with Crippen LogP contribution in [-0.2, 0) is 9.53 Å². The first-order valence-electron chi connectivity index (χ1n) is 4.66. The molecule has 1 heterocycles. The summed E-state index contributed by atoms with van der Waals surface area (Å²) in [6, 6.07) is 1.79. The van der Waals surface area contributed by atoms with Crippen molar-refractivity contribution < 1.29 is 9.53 Å². The van der Waals surface area contributed by atoms with Crippen molar-refractivity contribution in [3.05, 3.63) is 23.8 Å². The number of carbonyl (C=O) groups excluding carboxylic acids is 1. The molecule has 0 amide bonds. The van der Waals surface area contributed by atoms with Crippen LogP contribution in [0, 0.1) is 18.8 Å². The number of hydrogen-bond donors (Lipinski definition) is 0. The second-order valence-electron chi connectivity index (χ2n) is 2.81. The summed E-state index contributed by atoms with van der Waals surface area (Å²) in [4.78, 5) is 19.0. The summed E-state index contributed by atoms with van der Waals surface area (Å²) < 4.78 is 4.72. The van der Waals surface area contributed by atoms with E-state index < -0.39 is 0 Å². The maximum Gasteiger partial charge on any atom is 0.317 e. The lowest BCUT2D eigenvalue weighted by atomic mass is 10.4. The molecule has 0 bridgehead atoms. The third-order valence-corrected chi connectivity index (χ3v) is 1.53. The Kier molecular flexibility index (Phi) is 4.30. The van der Waals surface area contributed by atoms with E-state index in [0.29, 0.717) is 12.4 Å². The van der Waals surface area contributed by atoms with E-state index in [9.17, 15) is 4.79 Å². The minimum Gasteiger partial charge on any atom is -0.465 e. The highest BCUT2D eigenvalue weighted by atomic mass is 16.5. The van der Waals surface area contributed by atoms with E-state index in [1.54, 1.807) is 19.2 Å². The van der Waals surface area contributed by atoms with E-state index in [1.165, 1.54) is 0 Å². The molecule has 0 aromatic carbocycles. The van der Waals surface area contributed by atoms with Crippen molar-refractivity contribution >= 4 is 5.97 Å². The highest BCUT2D eigenvalue weighted by Gasteiger charge is 1.96. The van der Waals surface area contributed by atoms with Crippen LogP contribution in [0.3, 0.4) is 0 Å². The second kappa shape index (κ2) is 5.76. The first kappa shape index (κ1) is 11.2. The van der Waals surface area contributed by atoms with Crippen molar-refractivity contribution in [3.8, 4) is 11.8 Å². The maximum atomic E-state index is 10.9. The van der Waals surface area contributed by atoms with Gasteiger partial charge in [-0.3, -0.25) is 4.79 Å². The number of ether oxygens (including phenoxy) is 1. The average Bonchev–Trinajstić information content (AvgIpc) is 2.18. The van der Waals surface area contributed by atoms with Crippen molar-refractivity contribution in [1.29, 1.82) is 0 Å². The summed E-state index contributed by atoms with van der Waals surface area (Å²) in [5.74, 6) is 5.47. The van der Waals surface area contributed by atoms with Crippen molar-refractivity contribution in [1.82, 2.24) is 9.97 Å². The Morgan fingerprint density at radius 1 is 1.60 bits per heavy atom. The van der Waals surface area contributed by atoms with Crippen LogP contribution < -0.4 is 0 Å². The first-order valence-corrected chi connectivity index (χ1v) is 4.66. The first-order chi connectivity index (χ1) is 7.22. The third-order valence-electron chi connectivity index (χ3n) is 1.53. The highest BCUT2D eigenvalue weighted by Crippen LogP contribution is 1.91. The van der Waals surface area contributed by atoms with E-state index in [-0.39, 0.29) is 12.4 Å². The Bertz CT molecular complexity index is 405. The Morgan fingerprint density at radius 2 is 2.40 bits per heavy atom. The molecule has 0 saturated heterocycles. The van der Waals surface area contributed by atoms with Crippen LogP contribution in [0.1, 0.15) is 24.9 Å². The molecule has 4 nitrogen and oxygen atoms in total. The van der Waals surface area contributed by atoms with Gasteiger partial charge in [0, 0.05) is 11.9 Å². The summed E-state index contributed by atoms with van der Waals surface area (Å²) in [6.45, 7) is 3.99. The van der Waals surface area contributed by atoms with Crippen molar-refractivity contribution in [2.75, 3.05) is 6.61 Å². The van der Waals surface area contributed by atoms with Gasteiger partial charge in [0.15, 0.2) is 0 Å². The van der Waals surface area contributed by atoms with Gasteiger partial charge in [0.1, 0.15) is 6.42 Å². The van der Waals surface area contributed by atoms with Gasteiger partial charge in [-0.25, -0.2) is 9.97 Å². The van der Waals surface area contributed by atoms with Crippen molar-refractivity contribution in [3.63, 3.8) is 0 Å². The van der Waals surface area contributed by atoms with E-state index in [2.05, 4.69) is 21.8 Å². The number of aryl methyl sites for hydroxylation is 1. The molecule has 15 heavy (non-hydrogen) atoms. The Balaban J connectivity index is 2.55. The molecule has 0 N–H and O–H groups in total. The van der Waals surface area contributed by atoms with Gasteiger partial charge in [0.05, 0.1) is 6.61 Å². The van der Waals surface area contributed by atoms with Crippen LogP contribution in [-0.4, -0.2) is 22.5 Å². The fourth-order valence-corrected chi connectivity index (χ4v) is 0.917. The monoisotopic (exact) mass is 204 g/mol. The molecule has 0 unspecified atom stereocenters. The lowest BCUT2D eigenvalue weighted by Gasteiger charge is -1.94. The Hall–Kier alpha value is -1.89. The molecule has 0 saturated carbocycles. The molecule has 1 aromatic rings. The molecule has 0 atom stereocenters. The van der Waals surface area contributed by atoms with Gasteiger partial charge in [-0.1, -0.05) is 5.92 Å². The quantitative estimate of drug-likeness (QED) is 0.534. The van der Waals surface area contributed by atoms with E-state index in [1.807, 2.05) is 6.92 Å². The number of nitrogens with zero attached hydrogens (tertiary/aromatic N) is 2. The van der Waals surface area contributed by atoms with Gasteiger partial charge >= 0.3 is 5.97 Å². The van der Waals surface area contributed by atoms with Gasteiger partial charge in [0.25, 0.3) is 0 Å². The molecule has 0 spiro atoms.